The zero-order chi connectivity index (χ0) is 7.78. The molecule has 0 aromatic carbocycles. The van der Waals surface area contributed by atoms with Crippen molar-refractivity contribution in [1.29, 1.82) is 0 Å². The number of methoxy groups -OCH3 is 1. The van der Waals surface area contributed by atoms with Crippen molar-refractivity contribution in [2.24, 2.45) is 5.73 Å². The lowest BCUT2D eigenvalue weighted by Gasteiger charge is -2.36. The molecular formula is C6H10FNO2. The van der Waals surface area contributed by atoms with Crippen LogP contribution in [0.5, 0.6) is 0 Å². The van der Waals surface area contributed by atoms with E-state index in [1.807, 2.05) is 0 Å². The summed E-state index contributed by atoms with van der Waals surface area (Å²) < 4.78 is 17.2. The van der Waals surface area contributed by atoms with Gasteiger partial charge in [-0.05, 0) is 0 Å². The van der Waals surface area contributed by atoms with Crippen LogP contribution in [0, 0.1) is 0 Å². The Morgan fingerprint density at radius 2 is 2.30 bits per heavy atom. The number of esters is 1. The molecule has 1 saturated carbocycles. The van der Waals surface area contributed by atoms with Crippen LogP contribution < -0.4 is 5.73 Å². The summed E-state index contributed by atoms with van der Waals surface area (Å²) in [4.78, 5) is 10.6. The van der Waals surface area contributed by atoms with Crippen LogP contribution in [0.25, 0.3) is 0 Å². The van der Waals surface area contributed by atoms with Crippen LogP contribution in [-0.4, -0.2) is 24.8 Å². The maximum atomic E-state index is 13.0. The van der Waals surface area contributed by atoms with Crippen LogP contribution >= 0.6 is 0 Å². The lowest BCUT2D eigenvalue weighted by molar-refractivity contribution is -0.162. The van der Waals surface area contributed by atoms with Crippen LogP contribution in [0.15, 0.2) is 0 Å². The van der Waals surface area contributed by atoms with E-state index >= 15 is 0 Å². The van der Waals surface area contributed by atoms with Gasteiger partial charge in [0.1, 0.15) is 0 Å². The normalized spacial score (nSPS) is 38.5. The highest BCUT2D eigenvalue weighted by molar-refractivity contribution is 5.80. The first-order valence-corrected chi connectivity index (χ1v) is 3.11. The minimum absolute atomic E-state index is 0.0969. The first-order valence-electron chi connectivity index (χ1n) is 3.11. The molecule has 3 nitrogen and oxygen atoms in total. The number of nitrogens with two attached hydrogens (primary N) is 1. The zero-order valence-electron chi connectivity index (χ0n) is 5.76. The molecule has 0 amide bonds. The fourth-order valence-electron chi connectivity index (χ4n) is 1.12. The minimum Gasteiger partial charge on any atom is -0.467 e. The summed E-state index contributed by atoms with van der Waals surface area (Å²) in [5.41, 5.74) is 3.52. The van der Waals surface area contributed by atoms with E-state index < -0.39 is 11.6 Å². The van der Waals surface area contributed by atoms with Gasteiger partial charge in [-0.15, -0.1) is 0 Å². The molecule has 0 radical (unpaired) electrons. The van der Waals surface area contributed by atoms with E-state index in [4.69, 9.17) is 5.73 Å². The second-order valence-electron chi connectivity index (χ2n) is 2.63. The van der Waals surface area contributed by atoms with Gasteiger partial charge < -0.3 is 10.5 Å². The maximum Gasteiger partial charge on any atom is 0.343 e. The molecule has 0 aromatic rings. The zero-order valence-corrected chi connectivity index (χ0v) is 5.76. The fraction of sp³-hybridized carbons (Fsp3) is 0.833. The van der Waals surface area contributed by atoms with Gasteiger partial charge in [-0.2, -0.15) is 0 Å². The Morgan fingerprint density at radius 3 is 2.60 bits per heavy atom. The van der Waals surface area contributed by atoms with Crippen molar-refractivity contribution in [2.45, 2.75) is 24.6 Å². The first kappa shape index (κ1) is 7.47. The van der Waals surface area contributed by atoms with Crippen LogP contribution in [0.3, 0.4) is 0 Å². The summed E-state index contributed by atoms with van der Waals surface area (Å²) in [6, 6.07) is -0.177. The predicted octanol–water partition coefficient (Wildman–Crippen LogP) is -0.0112. The molecule has 10 heavy (non-hydrogen) atoms. The quantitative estimate of drug-likeness (QED) is 0.531. The Hall–Kier alpha value is -0.640. The maximum absolute atomic E-state index is 13.0. The Bertz CT molecular complexity index is 154. The molecule has 0 saturated heterocycles. The molecule has 0 spiro atoms. The molecule has 0 unspecified atom stereocenters. The van der Waals surface area contributed by atoms with E-state index in [0.29, 0.717) is 0 Å². The van der Waals surface area contributed by atoms with Gasteiger partial charge in [-0.1, -0.05) is 0 Å². The largest absolute Gasteiger partial charge is 0.467 e. The van der Waals surface area contributed by atoms with Crippen molar-refractivity contribution in [1.82, 2.24) is 0 Å². The molecule has 58 valence electrons. The number of halogens is 1. The molecule has 1 rings (SSSR count). The summed E-state index contributed by atoms with van der Waals surface area (Å²) in [5, 5.41) is 0. The molecular weight excluding hydrogens is 137 g/mol. The lowest BCUT2D eigenvalue weighted by Crippen LogP contribution is -2.53. The fourth-order valence-corrected chi connectivity index (χ4v) is 1.12. The number of alkyl halides is 1. The first-order chi connectivity index (χ1) is 4.58. The second-order valence-corrected chi connectivity index (χ2v) is 2.63. The third-order valence-electron chi connectivity index (χ3n) is 1.72. The van der Waals surface area contributed by atoms with Crippen molar-refractivity contribution in [3.05, 3.63) is 0 Å². The van der Waals surface area contributed by atoms with Gasteiger partial charge in [-0.25, -0.2) is 9.18 Å². The van der Waals surface area contributed by atoms with Crippen molar-refractivity contribution in [3.8, 4) is 0 Å². The van der Waals surface area contributed by atoms with E-state index in [-0.39, 0.29) is 18.9 Å². The SMILES string of the molecule is COC(=O)C1(F)CC(N)C1. The van der Waals surface area contributed by atoms with Crippen molar-refractivity contribution < 1.29 is 13.9 Å². The number of carbonyl (C=O) groups excluding carboxylic acids is 1. The standard InChI is InChI=1S/C6H10FNO2/c1-10-5(9)6(7)2-4(8)3-6/h4H,2-3,8H2,1H3. The topological polar surface area (TPSA) is 52.3 Å². The van der Waals surface area contributed by atoms with E-state index in [1.165, 1.54) is 7.11 Å². The average molecular weight is 147 g/mol. The monoisotopic (exact) mass is 147 g/mol. The van der Waals surface area contributed by atoms with Crippen LogP contribution in [0.2, 0.25) is 0 Å². The Morgan fingerprint density at radius 1 is 1.80 bits per heavy atom. The molecule has 2 N–H and O–H groups in total. The number of rotatable bonds is 1. The molecule has 0 atom stereocenters. The molecule has 0 aromatic heterocycles. The van der Waals surface area contributed by atoms with Gasteiger partial charge in [0, 0.05) is 18.9 Å². The van der Waals surface area contributed by atoms with Gasteiger partial charge in [-0.3, -0.25) is 0 Å². The van der Waals surface area contributed by atoms with E-state index in [1.54, 1.807) is 0 Å². The number of hydrogen-bond acceptors (Lipinski definition) is 3. The average Bonchev–Trinajstić information content (AvgIpc) is 1.83. The summed E-state index contributed by atoms with van der Waals surface area (Å²) in [6.07, 6.45) is 0.194. The van der Waals surface area contributed by atoms with Crippen LogP contribution in [-0.2, 0) is 9.53 Å². The van der Waals surface area contributed by atoms with E-state index in [9.17, 15) is 9.18 Å². The molecule has 1 aliphatic carbocycles. The van der Waals surface area contributed by atoms with Crippen LogP contribution in [0.1, 0.15) is 12.8 Å². The Balaban J connectivity index is 2.48. The van der Waals surface area contributed by atoms with Crippen molar-refractivity contribution in [2.75, 3.05) is 7.11 Å². The number of hydrogen-bond donors (Lipinski definition) is 1. The highest BCUT2D eigenvalue weighted by Crippen LogP contribution is 2.35. The van der Waals surface area contributed by atoms with Crippen molar-refractivity contribution in [3.63, 3.8) is 0 Å². The van der Waals surface area contributed by atoms with Gasteiger partial charge in [0.15, 0.2) is 0 Å². The van der Waals surface area contributed by atoms with Gasteiger partial charge >= 0.3 is 5.97 Å². The molecule has 1 fully saturated rings. The van der Waals surface area contributed by atoms with Crippen LogP contribution in [0.4, 0.5) is 4.39 Å². The van der Waals surface area contributed by atoms with E-state index in [2.05, 4.69) is 4.74 Å². The Kier molecular flexibility index (Phi) is 1.64. The highest BCUT2D eigenvalue weighted by Gasteiger charge is 2.50. The minimum atomic E-state index is -1.78. The smallest absolute Gasteiger partial charge is 0.343 e. The summed E-state index contributed by atoms with van der Waals surface area (Å²) in [7, 11) is 1.17. The molecule has 0 heterocycles. The summed E-state index contributed by atoms with van der Waals surface area (Å²) in [6.45, 7) is 0. The third-order valence-corrected chi connectivity index (χ3v) is 1.72. The van der Waals surface area contributed by atoms with Gasteiger partial charge in [0.25, 0.3) is 0 Å². The Labute approximate surface area is 58.3 Å². The van der Waals surface area contributed by atoms with Crippen molar-refractivity contribution >= 4 is 5.97 Å². The summed E-state index contributed by atoms with van der Waals surface area (Å²) in [5.74, 6) is -0.797. The molecule has 1 aliphatic rings. The second kappa shape index (κ2) is 2.20. The summed E-state index contributed by atoms with van der Waals surface area (Å²) >= 11 is 0. The van der Waals surface area contributed by atoms with Gasteiger partial charge in [0.2, 0.25) is 5.67 Å². The highest BCUT2D eigenvalue weighted by atomic mass is 19.1. The number of ether oxygens (including phenoxy) is 1. The lowest BCUT2D eigenvalue weighted by atomic mass is 9.78. The van der Waals surface area contributed by atoms with E-state index in [0.717, 1.165) is 0 Å². The third kappa shape index (κ3) is 0.988. The number of carbonyl (C=O) groups is 1. The van der Waals surface area contributed by atoms with Gasteiger partial charge in [0.05, 0.1) is 7.11 Å². The molecule has 0 bridgehead atoms. The molecule has 4 heteroatoms. The predicted molar refractivity (Wildman–Crippen MR) is 33.1 cm³/mol. The molecule has 0 aliphatic heterocycles.